The fourth-order valence-electron chi connectivity index (χ4n) is 4.03. The Balaban J connectivity index is 1.56. The van der Waals surface area contributed by atoms with Crippen LogP contribution in [0.25, 0.3) is 0 Å². The number of hydrogen-bond donors (Lipinski definition) is 0. The second-order valence-electron chi connectivity index (χ2n) is 6.11. The number of allylic oxidation sites excluding steroid dienone is 2. The summed E-state index contributed by atoms with van der Waals surface area (Å²) >= 11 is 0. The third-order valence-electron chi connectivity index (χ3n) is 5.06. The minimum Gasteiger partial charge on any atom is -0.497 e. The molecule has 1 aromatic carbocycles. The molecule has 2 fully saturated rings. The molecule has 3 aliphatic rings. The first-order valence-corrected chi connectivity index (χ1v) is 7.35. The van der Waals surface area contributed by atoms with Crippen LogP contribution in [0.3, 0.4) is 0 Å². The summed E-state index contributed by atoms with van der Waals surface area (Å²) in [6.45, 7) is 0.369. The Bertz CT molecular complexity index is 604. The van der Waals surface area contributed by atoms with E-state index >= 15 is 0 Å². The monoisotopic (exact) mass is 283 g/mol. The van der Waals surface area contributed by atoms with E-state index in [0.717, 1.165) is 17.7 Å². The molecule has 2 bridgehead atoms. The first-order chi connectivity index (χ1) is 10.2. The Morgan fingerprint density at radius 2 is 1.62 bits per heavy atom. The molecular weight excluding hydrogens is 266 g/mol. The van der Waals surface area contributed by atoms with Crippen molar-refractivity contribution >= 4 is 11.8 Å². The molecule has 0 radical (unpaired) electrons. The van der Waals surface area contributed by atoms with Crippen molar-refractivity contribution in [1.82, 2.24) is 4.90 Å². The maximum absolute atomic E-state index is 12.6. The zero-order valence-electron chi connectivity index (χ0n) is 11.9. The van der Waals surface area contributed by atoms with Gasteiger partial charge in [0.15, 0.2) is 0 Å². The number of amides is 2. The van der Waals surface area contributed by atoms with Gasteiger partial charge in [0.1, 0.15) is 5.75 Å². The Hall–Kier alpha value is -2.10. The van der Waals surface area contributed by atoms with Crippen molar-refractivity contribution in [3.8, 4) is 5.75 Å². The predicted molar refractivity (Wildman–Crippen MR) is 76.3 cm³/mol. The maximum Gasteiger partial charge on any atom is 0.234 e. The quantitative estimate of drug-likeness (QED) is 0.629. The standard InChI is InChI=1S/C17H17NO3/c1-21-13-6-2-10(3-7-13)9-18-16(19)14-11-4-5-12(8-11)15(14)17(18)20/h2-7,11-12,14-15H,8-9H2,1H3/t11-,12+,14+,15-. The zero-order chi connectivity index (χ0) is 14.6. The van der Waals surface area contributed by atoms with Crippen molar-refractivity contribution < 1.29 is 14.3 Å². The van der Waals surface area contributed by atoms with Gasteiger partial charge in [-0.2, -0.15) is 0 Å². The van der Waals surface area contributed by atoms with Crippen LogP contribution in [0.1, 0.15) is 12.0 Å². The van der Waals surface area contributed by atoms with Gasteiger partial charge in [-0.15, -0.1) is 0 Å². The predicted octanol–water partition coefficient (Wildman–Crippen LogP) is 2.00. The van der Waals surface area contributed by atoms with Crippen LogP contribution in [0.4, 0.5) is 0 Å². The van der Waals surface area contributed by atoms with E-state index in [4.69, 9.17) is 4.74 Å². The van der Waals surface area contributed by atoms with Crippen molar-refractivity contribution in [3.05, 3.63) is 42.0 Å². The number of benzene rings is 1. The summed E-state index contributed by atoms with van der Waals surface area (Å²) in [6.07, 6.45) is 5.21. The molecule has 1 heterocycles. The van der Waals surface area contributed by atoms with Crippen LogP contribution in [-0.2, 0) is 16.1 Å². The number of methoxy groups -OCH3 is 1. The lowest BCUT2D eigenvalue weighted by atomic mass is 9.85. The van der Waals surface area contributed by atoms with Crippen molar-refractivity contribution in [1.29, 1.82) is 0 Å². The summed E-state index contributed by atoms with van der Waals surface area (Å²) in [5.74, 6) is 1.14. The molecule has 108 valence electrons. The van der Waals surface area contributed by atoms with Crippen LogP contribution in [0.15, 0.2) is 36.4 Å². The van der Waals surface area contributed by atoms with Gasteiger partial charge in [-0.25, -0.2) is 0 Å². The van der Waals surface area contributed by atoms with Crippen molar-refractivity contribution in [2.24, 2.45) is 23.7 Å². The Kier molecular flexibility index (Phi) is 2.67. The van der Waals surface area contributed by atoms with Gasteiger partial charge in [-0.1, -0.05) is 24.3 Å². The molecular formula is C17H17NO3. The molecule has 2 aliphatic carbocycles. The van der Waals surface area contributed by atoms with E-state index in [1.54, 1.807) is 7.11 Å². The van der Waals surface area contributed by atoms with Crippen molar-refractivity contribution in [2.75, 3.05) is 7.11 Å². The Labute approximate surface area is 123 Å². The third-order valence-corrected chi connectivity index (χ3v) is 5.06. The number of ether oxygens (including phenoxy) is 1. The lowest BCUT2D eigenvalue weighted by Crippen LogP contribution is -2.32. The fraction of sp³-hybridized carbons (Fsp3) is 0.412. The molecule has 21 heavy (non-hydrogen) atoms. The van der Waals surface area contributed by atoms with Crippen LogP contribution in [-0.4, -0.2) is 23.8 Å². The second kappa shape index (κ2) is 4.45. The van der Waals surface area contributed by atoms with E-state index in [2.05, 4.69) is 12.2 Å². The van der Waals surface area contributed by atoms with Gasteiger partial charge in [0.05, 0.1) is 25.5 Å². The molecule has 1 saturated carbocycles. The molecule has 4 heteroatoms. The first-order valence-electron chi connectivity index (χ1n) is 7.35. The molecule has 0 unspecified atom stereocenters. The number of nitrogens with zero attached hydrogens (tertiary/aromatic N) is 1. The molecule has 0 N–H and O–H groups in total. The minimum absolute atomic E-state index is 0.0117. The van der Waals surface area contributed by atoms with Crippen molar-refractivity contribution in [3.63, 3.8) is 0 Å². The molecule has 2 amide bonds. The summed E-state index contributed by atoms with van der Waals surface area (Å²) in [6, 6.07) is 7.51. The topological polar surface area (TPSA) is 46.6 Å². The highest BCUT2D eigenvalue weighted by atomic mass is 16.5. The van der Waals surface area contributed by atoms with E-state index in [-0.39, 0.29) is 35.5 Å². The maximum atomic E-state index is 12.6. The molecule has 4 rings (SSSR count). The largest absolute Gasteiger partial charge is 0.497 e. The molecule has 0 aromatic heterocycles. The Morgan fingerprint density at radius 3 is 2.14 bits per heavy atom. The molecule has 4 nitrogen and oxygen atoms in total. The van der Waals surface area contributed by atoms with Crippen molar-refractivity contribution in [2.45, 2.75) is 13.0 Å². The average molecular weight is 283 g/mol. The second-order valence-corrected chi connectivity index (χ2v) is 6.11. The molecule has 4 atom stereocenters. The summed E-state index contributed by atoms with van der Waals surface area (Å²) < 4.78 is 5.12. The van der Waals surface area contributed by atoms with Crippen LogP contribution in [0.5, 0.6) is 5.75 Å². The number of carbonyl (C=O) groups excluding carboxylic acids is 2. The smallest absolute Gasteiger partial charge is 0.234 e. The fourth-order valence-corrected chi connectivity index (χ4v) is 4.03. The SMILES string of the molecule is COc1ccc(CN2C(=O)[C@@H]3[C@H](C2=O)[C@H]2C=C[C@@H]3C2)cc1. The summed E-state index contributed by atoms with van der Waals surface area (Å²) in [4.78, 5) is 26.6. The lowest BCUT2D eigenvalue weighted by Gasteiger charge is -2.17. The van der Waals surface area contributed by atoms with Gasteiger partial charge in [0.2, 0.25) is 11.8 Å². The number of imide groups is 1. The number of likely N-dealkylation sites (tertiary alicyclic amines) is 1. The molecule has 0 spiro atoms. The van der Waals surface area contributed by atoms with Crippen LogP contribution < -0.4 is 4.74 Å². The van der Waals surface area contributed by atoms with E-state index in [1.807, 2.05) is 24.3 Å². The van der Waals surface area contributed by atoms with E-state index in [1.165, 1.54) is 4.90 Å². The number of fused-ring (bicyclic) bond motifs is 5. The van der Waals surface area contributed by atoms with Gasteiger partial charge < -0.3 is 4.74 Å². The molecule has 1 aliphatic heterocycles. The lowest BCUT2D eigenvalue weighted by molar-refractivity contribution is -0.141. The summed E-state index contributed by atoms with van der Waals surface area (Å²) in [7, 11) is 1.62. The summed E-state index contributed by atoms with van der Waals surface area (Å²) in [5, 5.41) is 0. The third kappa shape index (κ3) is 1.75. The van der Waals surface area contributed by atoms with Gasteiger partial charge in [0.25, 0.3) is 0 Å². The van der Waals surface area contributed by atoms with Crippen LogP contribution in [0.2, 0.25) is 0 Å². The number of rotatable bonds is 3. The van der Waals surface area contributed by atoms with E-state index in [0.29, 0.717) is 6.54 Å². The van der Waals surface area contributed by atoms with E-state index < -0.39 is 0 Å². The highest BCUT2D eigenvalue weighted by Gasteiger charge is 2.59. The first kappa shape index (κ1) is 12.6. The molecule has 1 aromatic rings. The van der Waals surface area contributed by atoms with Gasteiger partial charge in [0, 0.05) is 0 Å². The highest BCUT2D eigenvalue weighted by Crippen LogP contribution is 2.52. The number of carbonyl (C=O) groups is 2. The number of hydrogen-bond acceptors (Lipinski definition) is 3. The van der Waals surface area contributed by atoms with Crippen LogP contribution >= 0.6 is 0 Å². The highest BCUT2D eigenvalue weighted by molar-refractivity contribution is 6.06. The van der Waals surface area contributed by atoms with E-state index in [9.17, 15) is 9.59 Å². The minimum atomic E-state index is -0.106. The molecule has 1 saturated heterocycles. The van der Waals surface area contributed by atoms with Gasteiger partial charge in [-0.3, -0.25) is 14.5 Å². The Morgan fingerprint density at radius 1 is 1.05 bits per heavy atom. The van der Waals surface area contributed by atoms with Gasteiger partial charge in [-0.05, 0) is 36.0 Å². The normalized spacial score (nSPS) is 32.9. The average Bonchev–Trinajstić information content (AvgIpc) is 3.18. The zero-order valence-corrected chi connectivity index (χ0v) is 11.9. The summed E-state index contributed by atoms with van der Waals surface area (Å²) in [5.41, 5.74) is 0.956. The van der Waals surface area contributed by atoms with Gasteiger partial charge >= 0.3 is 0 Å². The van der Waals surface area contributed by atoms with Crippen LogP contribution in [0, 0.1) is 23.7 Å².